The van der Waals surface area contributed by atoms with E-state index in [0.29, 0.717) is 85.6 Å². The van der Waals surface area contributed by atoms with Gasteiger partial charge in [0.05, 0.1) is 113 Å². The summed E-state index contributed by atoms with van der Waals surface area (Å²) in [5.41, 5.74) is 0.273. The Hall–Kier alpha value is -2.46. The largest absolute Gasteiger partial charge is 0.481 e. The summed E-state index contributed by atoms with van der Waals surface area (Å²) in [6.07, 6.45) is 4.09. The number of ketones is 1. The van der Waals surface area contributed by atoms with Gasteiger partial charge in [-0.05, 0) is 26.2 Å². The van der Waals surface area contributed by atoms with Crippen LogP contribution in [0.5, 0.6) is 0 Å². The fourth-order valence-corrected chi connectivity index (χ4v) is 4.06. The molecule has 14 heteroatoms. The summed E-state index contributed by atoms with van der Waals surface area (Å²) in [6.45, 7) is 14.2. The van der Waals surface area contributed by atoms with Crippen LogP contribution in [0.1, 0.15) is 58.8 Å². The molecule has 0 aromatic heterocycles. The number of hydrogen-bond acceptors (Lipinski definition) is 10. The first-order valence-electron chi connectivity index (χ1n) is 16.7. The molecule has 0 heterocycles. The van der Waals surface area contributed by atoms with Crippen molar-refractivity contribution in [2.24, 2.45) is 0 Å². The van der Waals surface area contributed by atoms with Crippen LogP contribution in [0.15, 0.2) is 12.2 Å². The van der Waals surface area contributed by atoms with Gasteiger partial charge in [0.25, 0.3) is 0 Å². The molecule has 1 atom stereocenters. The molecule has 0 aromatic rings. The van der Waals surface area contributed by atoms with E-state index in [9.17, 15) is 19.2 Å². The number of amides is 2. The molecule has 274 valence electrons. The number of hydrogen-bond donors (Lipinski definition) is 3. The van der Waals surface area contributed by atoms with E-state index in [4.69, 9.17) is 33.5 Å². The van der Waals surface area contributed by atoms with Crippen molar-refractivity contribution in [3.63, 3.8) is 0 Å². The normalized spacial score (nSPS) is 12.1. The Morgan fingerprint density at radius 2 is 1.19 bits per heavy atom. The Labute approximate surface area is 281 Å². The number of quaternary nitrogens is 1. The molecule has 0 unspecified atom stereocenters. The number of Topliss-reactive ketones (excluding diaryl/α,β-unsaturated/α-hetero) is 1. The van der Waals surface area contributed by atoms with Crippen LogP contribution in [0.2, 0.25) is 0 Å². The van der Waals surface area contributed by atoms with Crippen molar-refractivity contribution in [2.45, 2.75) is 64.8 Å². The van der Waals surface area contributed by atoms with Crippen LogP contribution >= 0.6 is 0 Å². The Bertz CT molecular complexity index is 871. The standard InChI is InChI=1S/C33H61N3O11/c1-6-7-8-13-36(4,5)14-12-34-33(41)30(35-32(40)28(2)3)27-29(37)10-9-15-42-17-19-44-21-23-46-25-26-47-24-22-45-20-18-43-16-11-31(38)39/h30H,2,6-27H2,1,3-5H3,(H2-,34,35,38,39,40,41)/p+1/t30-/m1/s1. The quantitative estimate of drug-likeness (QED) is 0.0516. The molecule has 0 saturated carbocycles. The minimum absolute atomic E-state index is 0.0182. The highest BCUT2D eigenvalue weighted by Gasteiger charge is 2.24. The molecule has 0 spiro atoms. The van der Waals surface area contributed by atoms with Gasteiger partial charge in [0.1, 0.15) is 11.8 Å². The lowest BCUT2D eigenvalue weighted by Gasteiger charge is -2.30. The summed E-state index contributed by atoms with van der Waals surface area (Å²) in [4.78, 5) is 48.0. The molecule has 0 rings (SSSR count). The average Bonchev–Trinajstić information content (AvgIpc) is 3.01. The van der Waals surface area contributed by atoms with E-state index in [2.05, 4.69) is 38.2 Å². The predicted molar refractivity (Wildman–Crippen MR) is 177 cm³/mol. The highest BCUT2D eigenvalue weighted by molar-refractivity contribution is 5.97. The molecule has 0 aliphatic carbocycles. The molecule has 0 fully saturated rings. The smallest absolute Gasteiger partial charge is 0.305 e. The first-order valence-corrected chi connectivity index (χ1v) is 16.7. The third-order valence-electron chi connectivity index (χ3n) is 6.89. The van der Waals surface area contributed by atoms with Gasteiger partial charge < -0.3 is 48.6 Å². The number of nitrogens with one attached hydrogen (secondary N) is 2. The maximum Gasteiger partial charge on any atom is 0.305 e. The molecule has 0 aromatic carbocycles. The molecule has 0 aliphatic rings. The monoisotopic (exact) mass is 676 g/mol. The number of unbranched alkanes of at least 4 members (excludes halogenated alkanes) is 2. The first kappa shape index (κ1) is 44.5. The molecule has 14 nitrogen and oxygen atoms in total. The number of carboxylic acids is 1. The number of carbonyl (C=O) groups is 4. The summed E-state index contributed by atoms with van der Waals surface area (Å²) >= 11 is 0. The maximum atomic E-state index is 12.9. The van der Waals surface area contributed by atoms with Crippen molar-refractivity contribution in [3.05, 3.63) is 12.2 Å². The lowest BCUT2D eigenvalue weighted by atomic mass is 10.1. The molecule has 3 N–H and O–H groups in total. The van der Waals surface area contributed by atoms with Gasteiger partial charge in [0, 0.05) is 25.0 Å². The van der Waals surface area contributed by atoms with E-state index in [0.717, 1.165) is 30.4 Å². The molecule has 47 heavy (non-hydrogen) atoms. The molecule has 0 bridgehead atoms. The van der Waals surface area contributed by atoms with Crippen LogP contribution in [0, 0.1) is 0 Å². The zero-order chi connectivity index (χ0) is 35.2. The molecule has 0 aliphatic heterocycles. The van der Waals surface area contributed by atoms with Gasteiger partial charge in [0.2, 0.25) is 11.8 Å². The number of carboxylic acid groups (broad SMARTS) is 1. The van der Waals surface area contributed by atoms with Gasteiger partial charge in [0.15, 0.2) is 0 Å². The van der Waals surface area contributed by atoms with Crippen LogP contribution in [0.4, 0.5) is 0 Å². The second-order valence-electron chi connectivity index (χ2n) is 11.9. The van der Waals surface area contributed by atoms with Crippen LogP contribution in [-0.2, 0) is 47.6 Å². The summed E-state index contributed by atoms with van der Waals surface area (Å²) in [6, 6.07) is -0.950. The van der Waals surface area contributed by atoms with E-state index >= 15 is 0 Å². The SMILES string of the molecule is C=C(C)C(=O)N[C@H](CC(=O)CCCOCCOCCOCCOCCOCCOCCC(=O)O)C(=O)NCC[N+](C)(C)CCCCC. The summed E-state index contributed by atoms with van der Waals surface area (Å²) < 4.78 is 33.1. The Morgan fingerprint density at radius 1 is 0.702 bits per heavy atom. The van der Waals surface area contributed by atoms with Crippen molar-refractivity contribution in [3.8, 4) is 0 Å². The van der Waals surface area contributed by atoms with Crippen LogP contribution in [0.3, 0.4) is 0 Å². The molecule has 2 amide bonds. The predicted octanol–water partition coefficient (Wildman–Crippen LogP) is 1.74. The van der Waals surface area contributed by atoms with E-state index < -0.39 is 17.9 Å². The number of aliphatic carboxylic acids is 1. The lowest BCUT2D eigenvalue weighted by Crippen LogP contribution is -2.51. The highest BCUT2D eigenvalue weighted by atomic mass is 16.6. The second kappa shape index (κ2) is 29.7. The van der Waals surface area contributed by atoms with Crippen molar-refractivity contribution in [2.75, 3.05) is 113 Å². The Balaban J connectivity index is 3.91. The van der Waals surface area contributed by atoms with Crippen molar-refractivity contribution < 1.29 is 57.2 Å². The van der Waals surface area contributed by atoms with Gasteiger partial charge in [-0.15, -0.1) is 0 Å². The minimum Gasteiger partial charge on any atom is -0.481 e. The fourth-order valence-electron chi connectivity index (χ4n) is 4.06. The first-order chi connectivity index (χ1) is 22.5. The molecular formula is C33H62N3O11+. The Morgan fingerprint density at radius 3 is 1.66 bits per heavy atom. The van der Waals surface area contributed by atoms with E-state index in [1.54, 1.807) is 6.92 Å². The molecular weight excluding hydrogens is 614 g/mol. The average molecular weight is 677 g/mol. The Kier molecular flexibility index (Phi) is 28.1. The third-order valence-corrected chi connectivity index (χ3v) is 6.89. The zero-order valence-corrected chi connectivity index (χ0v) is 29.3. The number of nitrogens with zero attached hydrogens (tertiary/aromatic N) is 1. The van der Waals surface area contributed by atoms with Crippen LogP contribution < -0.4 is 10.6 Å². The number of ether oxygens (including phenoxy) is 6. The summed E-state index contributed by atoms with van der Waals surface area (Å²) in [5, 5.41) is 14.0. The molecule has 0 radical (unpaired) electrons. The van der Waals surface area contributed by atoms with E-state index in [-0.39, 0.29) is 43.1 Å². The van der Waals surface area contributed by atoms with Gasteiger partial charge in [-0.25, -0.2) is 0 Å². The number of rotatable bonds is 34. The van der Waals surface area contributed by atoms with Crippen molar-refractivity contribution in [1.82, 2.24) is 10.6 Å². The summed E-state index contributed by atoms with van der Waals surface area (Å²) in [7, 11) is 4.26. The van der Waals surface area contributed by atoms with E-state index in [1.165, 1.54) is 6.42 Å². The van der Waals surface area contributed by atoms with Gasteiger partial charge in [-0.1, -0.05) is 19.9 Å². The number of likely N-dealkylation sites (N-methyl/N-ethyl adjacent to an activating group) is 1. The number of carbonyl (C=O) groups excluding carboxylic acids is 3. The summed E-state index contributed by atoms with van der Waals surface area (Å²) in [5.74, 6) is -1.84. The van der Waals surface area contributed by atoms with E-state index in [1.807, 2.05) is 0 Å². The van der Waals surface area contributed by atoms with Crippen molar-refractivity contribution >= 4 is 23.6 Å². The van der Waals surface area contributed by atoms with Crippen LogP contribution in [0.25, 0.3) is 0 Å². The molecule has 0 saturated heterocycles. The highest BCUT2D eigenvalue weighted by Crippen LogP contribution is 2.05. The van der Waals surface area contributed by atoms with Crippen LogP contribution in [-0.4, -0.2) is 152 Å². The second-order valence-corrected chi connectivity index (χ2v) is 11.9. The maximum absolute atomic E-state index is 12.9. The third kappa shape index (κ3) is 29.4. The fraction of sp³-hybridized carbons (Fsp3) is 0.818. The lowest BCUT2D eigenvalue weighted by molar-refractivity contribution is -0.889. The van der Waals surface area contributed by atoms with Gasteiger partial charge in [-0.2, -0.15) is 0 Å². The van der Waals surface area contributed by atoms with Gasteiger partial charge in [-0.3, -0.25) is 19.2 Å². The topological polar surface area (TPSA) is 168 Å². The zero-order valence-electron chi connectivity index (χ0n) is 29.3. The minimum atomic E-state index is -0.950. The van der Waals surface area contributed by atoms with Crippen molar-refractivity contribution in [1.29, 1.82) is 0 Å². The van der Waals surface area contributed by atoms with Gasteiger partial charge >= 0.3 is 5.97 Å².